The first-order valence-corrected chi connectivity index (χ1v) is 8.41. The number of hydrogen-bond donors (Lipinski definition) is 2. The van der Waals surface area contributed by atoms with Crippen LogP contribution in [0.15, 0.2) is 47.4 Å². The van der Waals surface area contributed by atoms with Gasteiger partial charge in [0.1, 0.15) is 29.5 Å². The molecule has 0 saturated heterocycles. The number of carbonyl (C=O) groups is 1. The first-order valence-electron chi connectivity index (χ1n) is 8.41. The van der Waals surface area contributed by atoms with Gasteiger partial charge in [-0.2, -0.15) is 0 Å². The van der Waals surface area contributed by atoms with Crippen LogP contribution in [0.25, 0.3) is 10.9 Å². The van der Waals surface area contributed by atoms with Gasteiger partial charge in [-0.25, -0.2) is 9.18 Å². The van der Waals surface area contributed by atoms with E-state index < -0.39 is 17.0 Å². The lowest BCUT2D eigenvalue weighted by Gasteiger charge is -2.15. The zero-order chi connectivity index (χ0) is 20.3. The molecule has 146 valence electrons. The fourth-order valence-electron chi connectivity index (χ4n) is 2.90. The summed E-state index contributed by atoms with van der Waals surface area (Å²) in [6, 6.07) is 8.58. The Balaban J connectivity index is 2.09. The summed E-state index contributed by atoms with van der Waals surface area (Å²) < 4.78 is 25.5. The molecule has 8 heteroatoms. The largest absolute Gasteiger partial charge is 0.496 e. The van der Waals surface area contributed by atoms with Gasteiger partial charge in [0, 0.05) is 29.8 Å². The van der Waals surface area contributed by atoms with Gasteiger partial charge in [0.05, 0.1) is 19.2 Å². The molecule has 0 bridgehead atoms. The van der Waals surface area contributed by atoms with Gasteiger partial charge in [-0.1, -0.05) is 0 Å². The molecule has 0 saturated carbocycles. The van der Waals surface area contributed by atoms with E-state index in [1.165, 1.54) is 48.2 Å². The molecule has 1 heterocycles. The topological polar surface area (TPSA) is 98.0 Å². The third-order valence-electron chi connectivity index (χ3n) is 4.26. The van der Waals surface area contributed by atoms with Crippen LogP contribution in [-0.4, -0.2) is 34.5 Å². The Morgan fingerprint density at radius 2 is 1.93 bits per heavy atom. The summed E-state index contributed by atoms with van der Waals surface area (Å²) in [6.07, 6.45) is 1.21. The van der Waals surface area contributed by atoms with Crippen molar-refractivity contribution >= 4 is 16.9 Å². The van der Waals surface area contributed by atoms with Crippen LogP contribution in [0.5, 0.6) is 11.5 Å². The molecule has 3 aromatic rings. The number of aliphatic hydroxyl groups excluding tert-OH is 1. The van der Waals surface area contributed by atoms with Crippen LogP contribution in [0.3, 0.4) is 0 Å². The Bertz CT molecular complexity index is 1070. The average molecular weight is 387 g/mol. The van der Waals surface area contributed by atoms with Gasteiger partial charge in [0.25, 0.3) is 0 Å². The Morgan fingerprint density at radius 3 is 2.54 bits per heavy atom. The zero-order valence-electron chi connectivity index (χ0n) is 15.0. The highest BCUT2D eigenvalue weighted by atomic mass is 19.1. The number of methoxy groups -OCH3 is 1. The standard InChI is InChI=1S/C20H18FNO6/c1-27-18-9-17-15(19(24)16(20(25)26)10-22(17)6-7-23)8-12(18)11-28-14-4-2-13(21)3-5-14/h2-5,8-10,23H,6-7,11H2,1H3,(H,25,26). The number of aromatic carboxylic acids is 1. The Kier molecular flexibility index (Phi) is 5.60. The monoisotopic (exact) mass is 387 g/mol. The van der Waals surface area contributed by atoms with Crippen molar-refractivity contribution in [1.29, 1.82) is 0 Å². The highest BCUT2D eigenvalue weighted by molar-refractivity contribution is 5.93. The summed E-state index contributed by atoms with van der Waals surface area (Å²) >= 11 is 0. The van der Waals surface area contributed by atoms with Crippen molar-refractivity contribution in [2.75, 3.05) is 13.7 Å². The van der Waals surface area contributed by atoms with E-state index in [1.54, 1.807) is 6.07 Å². The molecule has 0 aliphatic carbocycles. The van der Waals surface area contributed by atoms with E-state index in [0.717, 1.165) is 0 Å². The molecule has 0 fully saturated rings. The number of halogens is 1. The normalized spacial score (nSPS) is 10.8. The van der Waals surface area contributed by atoms with Gasteiger partial charge < -0.3 is 24.3 Å². The van der Waals surface area contributed by atoms with Crippen molar-refractivity contribution in [3.05, 3.63) is 69.8 Å². The molecule has 0 spiro atoms. The number of fused-ring (bicyclic) bond motifs is 1. The SMILES string of the molecule is COc1cc2c(cc1COc1ccc(F)cc1)c(=O)c(C(=O)O)cn2CCO. The Morgan fingerprint density at radius 1 is 1.21 bits per heavy atom. The van der Waals surface area contributed by atoms with Gasteiger partial charge in [-0.15, -0.1) is 0 Å². The number of pyridine rings is 1. The van der Waals surface area contributed by atoms with E-state index in [2.05, 4.69) is 0 Å². The summed E-state index contributed by atoms with van der Waals surface area (Å²) in [6.45, 7) is -0.0814. The zero-order valence-corrected chi connectivity index (χ0v) is 15.0. The van der Waals surface area contributed by atoms with E-state index >= 15 is 0 Å². The summed E-state index contributed by atoms with van der Waals surface area (Å²) in [5, 5.41) is 18.7. The van der Waals surface area contributed by atoms with E-state index in [1.807, 2.05) is 0 Å². The van der Waals surface area contributed by atoms with Crippen molar-refractivity contribution < 1.29 is 28.9 Å². The predicted molar refractivity (Wildman–Crippen MR) is 99.5 cm³/mol. The molecule has 0 aliphatic rings. The molecule has 2 N–H and O–H groups in total. The summed E-state index contributed by atoms with van der Waals surface area (Å²) in [4.78, 5) is 24.0. The quantitative estimate of drug-likeness (QED) is 0.646. The maximum Gasteiger partial charge on any atom is 0.341 e. The Hall–Kier alpha value is -3.39. The van der Waals surface area contributed by atoms with Crippen LogP contribution in [0.4, 0.5) is 4.39 Å². The van der Waals surface area contributed by atoms with Crippen LogP contribution >= 0.6 is 0 Å². The fourth-order valence-corrected chi connectivity index (χ4v) is 2.90. The lowest BCUT2D eigenvalue weighted by Crippen LogP contribution is -2.20. The molecule has 28 heavy (non-hydrogen) atoms. The highest BCUT2D eigenvalue weighted by Gasteiger charge is 2.17. The van der Waals surface area contributed by atoms with Crippen molar-refractivity contribution in [2.45, 2.75) is 13.2 Å². The maximum atomic E-state index is 13.0. The minimum absolute atomic E-state index is 0.0293. The average Bonchev–Trinajstić information content (AvgIpc) is 2.69. The number of aliphatic hydroxyl groups is 1. The first-order chi connectivity index (χ1) is 13.4. The number of aromatic nitrogens is 1. The molecule has 0 radical (unpaired) electrons. The minimum Gasteiger partial charge on any atom is -0.496 e. The fraction of sp³-hybridized carbons (Fsp3) is 0.200. The number of ether oxygens (including phenoxy) is 2. The third-order valence-corrected chi connectivity index (χ3v) is 4.26. The van der Waals surface area contributed by atoms with Gasteiger partial charge >= 0.3 is 5.97 Å². The number of carboxylic acids is 1. The molecular formula is C20H18FNO6. The van der Waals surface area contributed by atoms with Crippen LogP contribution in [-0.2, 0) is 13.2 Å². The van der Waals surface area contributed by atoms with Crippen LogP contribution in [0.1, 0.15) is 15.9 Å². The minimum atomic E-state index is -1.35. The smallest absolute Gasteiger partial charge is 0.341 e. The van der Waals surface area contributed by atoms with Gasteiger partial charge in [-0.3, -0.25) is 4.79 Å². The second-order valence-electron chi connectivity index (χ2n) is 6.02. The van der Waals surface area contributed by atoms with Crippen LogP contribution in [0, 0.1) is 5.82 Å². The lowest BCUT2D eigenvalue weighted by atomic mass is 10.1. The molecule has 0 unspecified atom stereocenters. The van der Waals surface area contributed by atoms with Crippen LogP contribution in [0.2, 0.25) is 0 Å². The van der Waals surface area contributed by atoms with Crippen molar-refractivity contribution in [3.8, 4) is 11.5 Å². The van der Waals surface area contributed by atoms with Crippen molar-refractivity contribution in [3.63, 3.8) is 0 Å². The second-order valence-corrected chi connectivity index (χ2v) is 6.02. The van der Waals surface area contributed by atoms with Gasteiger partial charge in [0.2, 0.25) is 5.43 Å². The lowest BCUT2D eigenvalue weighted by molar-refractivity contribution is 0.0694. The summed E-state index contributed by atoms with van der Waals surface area (Å²) in [5.41, 5.74) is -0.0696. The maximum absolute atomic E-state index is 13.0. The molecule has 0 atom stereocenters. The molecule has 7 nitrogen and oxygen atoms in total. The van der Waals surface area contributed by atoms with Crippen molar-refractivity contribution in [1.82, 2.24) is 4.57 Å². The van der Waals surface area contributed by atoms with E-state index in [9.17, 15) is 24.2 Å². The number of nitrogens with zero attached hydrogens (tertiary/aromatic N) is 1. The van der Waals surface area contributed by atoms with E-state index in [4.69, 9.17) is 9.47 Å². The summed E-state index contributed by atoms with van der Waals surface area (Å²) in [5.74, 6) is -0.871. The molecule has 2 aromatic carbocycles. The highest BCUT2D eigenvalue weighted by Crippen LogP contribution is 2.26. The van der Waals surface area contributed by atoms with E-state index in [0.29, 0.717) is 22.6 Å². The van der Waals surface area contributed by atoms with Gasteiger partial charge in [0.15, 0.2) is 0 Å². The number of hydrogen-bond acceptors (Lipinski definition) is 5. The van der Waals surface area contributed by atoms with Gasteiger partial charge in [-0.05, 0) is 30.3 Å². The first kappa shape index (κ1) is 19.4. The number of carboxylic acid groups (broad SMARTS) is 1. The molecule has 3 rings (SSSR count). The second kappa shape index (κ2) is 8.10. The van der Waals surface area contributed by atoms with E-state index in [-0.39, 0.29) is 31.0 Å². The molecule has 0 aliphatic heterocycles. The van der Waals surface area contributed by atoms with Crippen LogP contribution < -0.4 is 14.9 Å². The van der Waals surface area contributed by atoms with Crippen molar-refractivity contribution in [2.24, 2.45) is 0 Å². The predicted octanol–water partition coefficient (Wildman–Crippen LogP) is 2.42. The third kappa shape index (κ3) is 3.81. The molecule has 0 amide bonds. The molecule has 1 aromatic heterocycles. The number of benzene rings is 2. The number of rotatable bonds is 7. The summed E-state index contributed by atoms with van der Waals surface area (Å²) in [7, 11) is 1.46. The molecular weight excluding hydrogens is 369 g/mol. The Labute approximate surface area is 159 Å².